The Morgan fingerprint density at radius 1 is 1.44 bits per heavy atom. The molecule has 1 aromatic heterocycles. The minimum atomic E-state index is 0.0188. The lowest BCUT2D eigenvalue weighted by molar-refractivity contribution is 0.0991. The van der Waals surface area contributed by atoms with E-state index in [1.165, 1.54) is 0 Å². The number of hydrogen-bond donors (Lipinski definition) is 2. The highest BCUT2D eigenvalue weighted by Gasteiger charge is 2.09. The lowest BCUT2D eigenvalue weighted by Gasteiger charge is -2.03. The molecule has 16 heavy (non-hydrogen) atoms. The van der Waals surface area contributed by atoms with E-state index in [-0.39, 0.29) is 12.2 Å². The van der Waals surface area contributed by atoms with E-state index < -0.39 is 0 Å². The quantitative estimate of drug-likeness (QED) is 0.605. The maximum atomic E-state index is 11.9. The van der Waals surface area contributed by atoms with Crippen molar-refractivity contribution in [1.82, 2.24) is 9.97 Å². The molecule has 0 bridgehead atoms. The lowest BCUT2D eigenvalue weighted by atomic mass is 10.0. The van der Waals surface area contributed by atoms with Gasteiger partial charge in [-0.25, -0.2) is 4.98 Å². The van der Waals surface area contributed by atoms with Crippen LogP contribution in [0, 0.1) is 6.92 Å². The number of nitrogen functional groups attached to an aromatic ring is 1. The number of nitrogens with one attached hydrogen (secondary N) is 1. The molecule has 0 spiro atoms. The largest absolute Gasteiger partial charge is 0.399 e. The molecule has 0 saturated carbocycles. The van der Waals surface area contributed by atoms with Gasteiger partial charge < -0.3 is 10.7 Å². The normalized spacial score (nSPS) is 10.3. The Kier molecular flexibility index (Phi) is 2.72. The fourth-order valence-electron chi connectivity index (χ4n) is 1.62. The third kappa shape index (κ3) is 2.28. The van der Waals surface area contributed by atoms with Gasteiger partial charge in [0, 0.05) is 23.6 Å². The van der Waals surface area contributed by atoms with Gasteiger partial charge in [-0.2, -0.15) is 0 Å². The molecule has 0 fully saturated rings. The molecule has 2 aromatic rings. The van der Waals surface area contributed by atoms with Crippen molar-refractivity contribution < 1.29 is 4.79 Å². The summed E-state index contributed by atoms with van der Waals surface area (Å²) in [7, 11) is 0. The molecule has 4 nitrogen and oxygen atoms in total. The smallest absolute Gasteiger partial charge is 0.170 e. The van der Waals surface area contributed by atoms with E-state index in [9.17, 15) is 4.79 Å². The SMILES string of the molecule is Cc1cc(N)cc(C(=O)Cc2ncc[nH]2)c1. The number of anilines is 1. The molecule has 0 aliphatic rings. The van der Waals surface area contributed by atoms with Crippen LogP contribution in [-0.4, -0.2) is 15.8 Å². The second-order valence-electron chi connectivity index (χ2n) is 3.77. The van der Waals surface area contributed by atoms with Crippen molar-refractivity contribution in [2.75, 3.05) is 5.73 Å². The first-order valence-corrected chi connectivity index (χ1v) is 5.04. The summed E-state index contributed by atoms with van der Waals surface area (Å²) >= 11 is 0. The van der Waals surface area contributed by atoms with Crippen LogP contribution >= 0.6 is 0 Å². The molecule has 4 heteroatoms. The molecule has 1 heterocycles. The highest BCUT2D eigenvalue weighted by Crippen LogP contribution is 2.13. The first-order valence-electron chi connectivity index (χ1n) is 5.04. The van der Waals surface area contributed by atoms with Gasteiger partial charge in [0.2, 0.25) is 0 Å². The van der Waals surface area contributed by atoms with E-state index >= 15 is 0 Å². The number of aromatic nitrogens is 2. The summed E-state index contributed by atoms with van der Waals surface area (Å²) in [5.41, 5.74) is 7.93. The van der Waals surface area contributed by atoms with Crippen molar-refractivity contribution in [1.29, 1.82) is 0 Å². The fraction of sp³-hybridized carbons (Fsp3) is 0.167. The summed E-state index contributed by atoms with van der Waals surface area (Å²) in [6, 6.07) is 5.36. The number of Topliss-reactive ketones (excluding diaryl/α,β-unsaturated/α-hetero) is 1. The Hall–Kier alpha value is -2.10. The number of rotatable bonds is 3. The number of hydrogen-bond acceptors (Lipinski definition) is 3. The summed E-state index contributed by atoms with van der Waals surface area (Å²) in [6.07, 6.45) is 3.61. The average Bonchev–Trinajstić information content (AvgIpc) is 2.68. The molecule has 2 rings (SSSR count). The first kappa shape index (κ1) is 10.4. The molecule has 3 N–H and O–H groups in total. The number of carbonyl (C=O) groups is 1. The van der Waals surface area contributed by atoms with Crippen LogP contribution in [0.1, 0.15) is 21.7 Å². The average molecular weight is 215 g/mol. The predicted molar refractivity (Wildman–Crippen MR) is 62.2 cm³/mol. The maximum absolute atomic E-state index is 11.9. The standard InChI is InChI=1S/C12H13N3O/c1-8-4-9(6-10(13)5-8)11(16)7-12-14-2-3-15-12/h2-6H,7,13H2,1H3,(H,14,15). The lowest BCUT2D eigenvalue weighted by Crippen LogP contribution is -2.06. The van der Waals surface area contributed by atoms with E-state index in [2.05, 4.69) is 9.97 Å². The van der Waals surface area contributed by atoms with Gasteiger partial charge >= 0.3 is 0 Å². The molecule has 0 amide bonds. The zero-order valence-electron chi connectivity index (χ0n) is 9.03. The number of nitrogens with zero attached hydrogens (tertiary/aromatic N) is 1. The zero-order valence-corrected chi connectivity index (χ0v) is 9.03. The van der Waals surface area contributed by atoms with Gasteiger partial charge in [-0.15, -0.1) is 0 Å². The summed E-state index contributed by atoms with van der Waals surface area (Å²) in [5.74, 6) is 0.690. The highest BCUT2D eigenvalue weighted by atomic mass is 16.1. The first-order chi connectivity index (χ1) is 7.65. The number of carbonyl (C=O) groups excluding carboxylic acids is 1. The molecule has 82 valence electrons. The molecular weight excluding hydrogens is 202 g/mol. The third-order valence-corrected chi connectivity index (χ3v) is 2.30. The van der Waals surface area contributed by atoms with Crippen LogP contribution < -0.4 is 5.73 Å². The molecule has 0 aliphatic carbocycles. The van der Waals surface area contributed by atoms with Gasteiger partial charge in [0.25, 0.3) is 0 Å². The van der Waals surface area contributed by atoms with Crippen LogP contribution in [0.4, 0.5) is 5.69 Å². The molecule has 1 aromatic carbocycles. The topological polar surface area (TPSA) is 71.8 Å². The number of nitrogens with two attached hydrogens (primary N) is 1. The summed E-state index contributed by atoms with van der Waals surface area (Å²) in [6.45, 7) is 1.92. The zero-order chi connectivity index (χ0) is 11.5. The number of aryl methyl sites for hydroxylation is 1. The van der Waals surface area contributed by atoms with Crippen LogP contribution in [0.25, 0.3) is 0 Å². The Morgan fingerprint density at radius 3 is 2.88 bits per heavy atom. The van der Waals surface area contributed by atoms with Crippen LogP contribution in [-0.2, 0) is 6.42 Å². The van der Waals surface area contributed by atoms with Crippen molar-refractivity contribution in [3.8, 4) is 0 Å². The molecule has 0 unspecified atom stereocenters. The maximum Gasteiger partial charge on any atom is 0.170 e. The minimum absolute atomic E-state index is 0.0188. The van der Waals surface area contributed by atoms with Crippen LogP contribution in [0.15, 0.2) is 30.6 Å². The second kappa shape index (κ2) is 4.18. The summed E-state index contributed by atoms with van der Waals surface area (Å²) < 4.78 is 0. The molecule has 0 aliphatic heterocycles. The van der Waals surface area contributed by atoms with Gasteiger partial charge in [0.05, 0.1) is 6.42 Å². The second-order valence-corrected chi connectivity index (χ2v) is 3.77. The summed E-state index contributed by atoms with van der Waals surface area (Å²) in [4.78, 5) is 18.8. The number of aromatic amines is 1. The van der Waals surface area contributed by atoms with Crippen molar-refractivity contribution >= 4 is 11.5 Å². The van der Waals surface area contributed by atoms with E-state index in [0.29, 0.717) is 17.1 Å². The number of H-pyrrole nitrogens is 1. The van der Waals surface area contributed by atoms with E-state index in [1.54, 1.807) is 18.5 Å². The third-order valence-electron chi connectivity index (χ3n) is 2.30. The van der Waals surface area contributed by atoms with Gasteiger partial charge in [-0.3, -0.25) is 4.79 Å². The van der Waals surface area contributed by atoms with Crippen molar-refractivity contribution in [3.05, 3.63) is 47.5 Å². The molecule has 0 atom stereocenters. The van der Waals surface area contributed by atoms with Crippen molar-refractivity contribution in [2.45, 2.75) is 13.3 Å². The van der Waals surface area contributed by atoms with Gasteiger partial charge in [0.15, 0.2) is 5.78 Å². The van der Waals surface area contributed by atoms with Crippen molar-refractivity contribution in [2.24, 2.45) is 0 Å². The molecule has 0 radical (unpaired) electrons. The Bertz CT molecular complexity index is 483. The Balaban J connectivity index is 2.21. The Labute approximate surface area is 93.5 Å². The number of benzene rings is 1. The molecule has 0 saturated heterocycles. The van der Waals surface area contributed by atoms with E-state index in [4.69, 9.17) is 5.73 Å². The van der Waals surface area contributed by atoms with Crippen LogP contribution in [0.3, 0.4) is 0 Å². The van der Waals surface area contributed by atoms with Crippen molar-refractivity contribution in [3.63, 3.8) is 0 Å². The number of ketones is 1. The monoisotopic (exact) mass is 215 g/mol. The van der Waals surface area contributed by atoms with Gasteiger partial charge in [0.1, 0.15) is 5.82 Å². The van der Waals surface area contributed by atoms with E-state index in [0.717, 1.165) is 5.56 Å². The number of imidazole rings is 1. The van der Waals surface area contributed by atoms with Gasteiger partial charge in [-0.1, -0.05) is 0 Å². The van der Waals surface area contributed by atoms with Crippen LogP contribution in [0.2, 0.25) is 0 Å². The van der Waals surface area contributed by atoms with Gasteiger partial charge in [-0.05, 0) is 30.7 Å². The summed E-state index contributed by atoms with van der Waals surface area (Å²) in [5, 5.41) is 0. The fourth-order valence-corrected chi connectivity index (χ4v) is 1.62. The van der Waals surface area contributed by atoms with Crippen LogP contribution in [0.5, 0.6) is 0 Å². The predicted octanol–water partition coefficient (Wildman–Crippen LogP) is 1.73. The Morgan fingerprint density at radius 2 is 2.25 bits per heavy atom. The van der Waals surface area contributed by atoms with E-state index in [1.807, 2.05) is 19.1 Å². The minimum Gasteiger partial charge on any atom is -0.399 e. The highest BCUT2D eigenvalue weighted by molar-refractivity contribution is 5.98. The molecular formula is C12H13N3O.